The van der Waals surface area contributed by atoms with Gasteiger partial charge in [0.1, 0.15) is 0 Å². The van der Waals surface area contributed by atoms with Gasteiger partial charge >= 0.3 is 78.5 Å². The van der Waals surface area contributed by atoms with Crippen LogP contribution < -0.4 is 0 Å². The van der Waals surface area contributed by atoms with Gasteiger partial charge < -0.3 is 67.5 Å². The molecule has 0 fully saturated rings. The van der Waals surface area contributed by atoms with Crippen LogP contribution in [0, 0.1) is 0 Å². The van der Waals surface area contributed by atoms with Gasteiger partial charge in [-0.1, -0.05) is 0 Å². The van der Waals surface area contributed by atoms with Crippen molar-refractivity contribution in [2.45, 2.75) is 0 Å². The van der Waals surface area contributed by atoms with Gasteiger partial charge in [-0.15, -0.1) is 0 Å². The van der Waals surface area contributed by atoms with Crippen LogP contribution in [0.25, 0.3) is 0 Å². The first-order chi connectivity index (χ1) is 0. The van der Waals surface area contributed by atoms with E-state index in [0.717, 1.165) is 0 Å². The van der Waals surface area contributed by atoms with E-state index in [1.807, 2.05) is 0 Å². The normalized spacial score (nSPS) is 0. The van der Waals surface area contributed by atoms with Crippen molar-refractivity contribution >= 4 is 107 Å². The van der Waals surface area contributed by atoms with E-state index in [1.165, 1.54) is 0 Å². The molecule has 0 rings (SSSR count). The molecule has 0 bridgehead atoms. The summed E-state index contributed by atoms with van der Waals surface area (Å²) >= 11 is 0. The molecule has 0 spiro atoms. The first kappa shape index (κ1) is 110. The molecule has 0 saturated heterocycles. The van der Waals surface area contributed by atoms with Crippen molar-refractivity contribution in [3.8, 4) is 0 Å². The molecule has 0 atom stereocenters. The Morgan fingerprint density at radius 1 is 0.333 bits per heavy atom. The van der Waals surface area contributed by atoms with E-state index in [9.17, 15) is 0 Å². The van der Waals surface area contributed by atoms with Gasteiger partial charge in [0.2, 0.25) is 0 Å². The maximum atomic E-state index is 0. The first-order valence-electron chi connectivity index (χ1n) is 0. The van der Waals surface area contributed by atoms with Gasteiger partial charge in [-0.3, -0.25) is 0 Å². The van der Waals surface area contributed by atoms with E-state index in [4.69, 9.17) is 0 Å². The quantitative estimate of drug-likeness (QED) is 0.443. The second-order valence-electron chi connectivity index (χ2n) is 0. The minimum absolute atomic E-state index is 0. The van der Waals surface area contributed by atoms with Gasteiger partial charge in [-0.2, -0.15) is 0 Å². The minimum atomic E-state index is 0. The molecule has 0 heterocycles. The maximum absolute atomic E-state index is 0. The van der Waals surface area contributed by atoms with Crippen LogP contribution in [0.5, 0.6) is 0 Å². The van der Waals surface area contributed by atoms with Gasteiger partial charge in [0.25, 0.3) is 0 Å². The summed E-state index contributed by atoms with van der Waals surface area (Å²) in [6.45, 7) is 0. The fraction of sp³-hybridized carbons (Fsp3) is 0. The fourth-order valence-electron chi connectivity index (χ4n) is 0. The second-order valence-corrected chi connectivity index (χ2v) is 0. The predicted molar refractivity (Wildman–Crippen MR) is 48.3 cm³/mol. The summed E-state index contributed by atoms with van der Waals surface area (Å²) in [7, 11) is 0. The Morgan fingerprint density at radius 2 is 0.333 bits per heavy atom. The Morgan fingerprint density at radius 3 is 0.333 bits per heavy atom. The summed E-state index contributed by atoms with van der Waals surface area (Å²) < 4.78 is 0. The minimum Gasteiger partial charge on any atom is -2.00 e. The van der Waals surface area contributed by atoms with Crippen molar-refractivity contribution in [2.75, 3.05) is 0 Å². The van der Waals surface area contributed by atoms with Crippen molar-refractivity contribution in [1.82, 2.24) is 0 Å². The van der Waals surface area contributed by atoms with Gasteiger partial charge in [0.05, 0.1) is 0 Å². The van der Waals surface area contributed by atoms with Crippen LogP contribution in [0.4, 0.5) is 0 Å². The van der Waals surface area contributed by atoms with Crippen LogP contribution in [0.15, 0.2) is 0 Å². The second kappa shape index (κ2) is 85.5. The van der Waals surface area contributed by atoms with E-state index < -0.39 is 0 Å². The molecular formula is Ga2S5Zn2. The molecule has 9 heteroatoms. The summed E-state index contributed by atoms with van der Waals surface area (Å²) in [5, 5.41) is 0. The molecule has 0 aliphatic heterocycles. The van der Waals surface area contributed by atoms with Gasteiger partial charge in [-0.25, -0.2) is 0 Å². The number of hydrogen-bond acceptors (Lipinski definition) is 0. The molecule has 0 aliphatic carbocycles. The largest absolute Gasteiger partial charge is 3.00 e. The molecule has 0 saturated carbocycles. The average molecular weight is 431 g/mol. The Hall–Kier alpha value is 4.27. The van der Waals surface area contributed by atoms with E-state index in [0.29, 0.717) is 0 Å². The summed E-state index contributed by atoms with van der Waals surface area (Å²) in [6, 6.07) is 0. The van der Waals surface area contributed by atoms with Gasteiger partial charge in [0.15, 0.2) is 0 Å². The van der Waals surface area contributed by atoms with Crippen molar-refractivity contribution < 1.29 is 39.0 Å². The number of hydrogen-bond donors (Lipinski definition) is 0. The van der Waals surface area contributed by atoms with Crippen molar-refractivity contribution in [2.24, 2.45) is 0 Å². The Kier molecular flexibility index (Phi) is 1040. The molecule has 0 aromatic heterocycles. The topological polar surface area (TPSA) is 0 Å². The fourth-order valence-corrected chi connectivity index (χ4v) is 0. The third kappa shape index (κ3) is 71.0. The van der Waals surface area contributed by atoms with E-state index >= 15 is 0 Å². The van der Waals surface area contributed by atoms with E-state index in [1.54, 1.807) is 0 Å². The van der Waals surface area contributed by atoms with Crippen LogP contribution >= 0.6 is 0 Å². The van der Waals surface area contributed by atoms with Crippen LogP contribution in [-0.2, 0) is 106 Å². The van der Waals surface area contributed by atoms with Gasteiger partial charge in [-0.05, 0) is 0 Å². The van der Waals surface area contributed by atoms with Crippen LogP contribution in [0.1, 0.15) is 0 Å². The summed E-state index contributed by atoms with van der Waals surface area (Å²) in [5.41, 5.74) is 0. The van der Waals surface area contributed by atoms with E-state index in [-0.39, 0.29) is 146 Å². The molecule has 0 unspecified atom stereocenters. The third-order valence-electron chi connectivity index (χ3n) is 0. The summed E-state index contributed by atoms with van der Waals surface area (Å²) in [4.78, 5) is 0. The molecular weight excluding hydrogens is 431 g/mol. The number of rotatable bonds is 0. The van der Waals surface area contributed by atoms with Gasteiger partial charge in [0, 0.05) is 0 Å². The molecule has 0 amide bonds. The van der Waals surface area contributed by atoms with Crippen molar-refractivity contribution in [1.29, 1.82) is 0 Å². The smallest absolute Gasteiger partial charge is 2.00 e. The van der Waals surface area contributed by atoms with Crippen molar-refractivity contribution in [3.05, 3.63) is 0 Å². The standard InChI is InChI=1S/2Ga.5S.2Zn/q2*+3;5*-2;2*+2. The van der Waals surface area contributed by atoms with Crippen molar-refractivity contribution in [3.63, 3.8) is 0 Å². The molecule has 0 radical (unpaired) electrons. The molecule has 9 heavy (non-hydrogen) atoms. The Bertz CT molecular complexity index is 12.9. The first-order valence-corrected chi connectivity index (χ1v) is 0. The Balaban J connectivity index is 0. The molecule has 0 aliphatic rings. The third-order valence-corrected chi connectivity index (χ3v) is 0. The zero-order chi connectivity index (χ0) is 0. The van der Waals surface area contributed by atoms with Crippen LogP contribution in [0.2, 0.25) is 0 Å². The van der Waals surface area contributed by atoms with Crippen LogP contribution in [0.3, 0.4) is 0 Å². The van der Waals surface area contributed by atoms with Crippen LogP contribution in [-0.4, -0.2) is 39.6 Å². The zero-order valence-electron chi connectivity index (χ0n) is 4.61. The predicted octanol–water partition coefficient (Wildman–Crippen LogP) is -0.779. The Labute approximate surface area is 143 Å². The average Bonchev–Trinajstić information content (AvgIpc) is 0. The zero-order valence-corrected chi connectivity index (χ0v) is 19.5. The summed E-state index contributed by atoms with van der Waals surface area (Å²) in [6.07, 6.45) is 0. The SMILES string of the molecule is [Ga+3].[Ga+3].[S-2].[S-2].[S-2].[S-2].[S-2].[Zn+2].[Zn+2]. The monoisotopic (exact) mass is 426 g/mol. The molecule has 0 nitrogen and oxygen atoms in total. The maximum Gasteiger partial charge on any atom is 3.00 e. The molecule has 0 N–H and O–H groups in total. The summed E-state index contributed by atoms with van der Waals surface area (Å²) in [5.74, 6) is 0. The molecule has 0 aromatic rings. The molecule has 40 valence electrons. The van der Waals surface area contributed by atoms with E-state index in [2.05, 4.69) is 0 Å². The molecule has 0 aromatic carbocycles.